The first-order valence-corrected chi connectivity index (χ1v) is 6.69. The molecule has 0 spiro atoms. The summed E-state index contributed by atoms with van der Waals surface area (Å²) in [5.41, 5.74) is 2.90. The standard InChI is InChI=1S/C14H17N3O2.ClH/c18-13(17-12-2-1-6-16-14(12)19)10-3-4-11-9(8-10)5-7-15-11;/h3-4,8,12,15H,1-2,5-7H2,(H,16,19)(H,17,18);1H. The molecule has 3 rings (SSSR count). The summed E-state index contributed by atoms with van der Waals surface area (Å²) in [4.78, 5) is 23.8. The van der Waals surface area contributed by atoms with E-state index in [0.29, 0.717) is 18.5 Å². The van der Waals surface area contributed by atoms with Gasteiger partial charge in [-0.3, -0.25) is 9.59 Å². The van der Waals surface area contributed by atoms with Gasteiger partial charge in [0.15, 0.2) is 0 Å². The molecule has 0 radical (unpaired) electrons. The average molecular weight is 296 g/mol. The van der Waals surface area contributed by atoms with Crippen molar-refractivity contribution in [2.75, 3.05) is 18.4 Å². The number of amides is 2. The zero-order valence-corrected chi connectivity index (χ0v) is 11.9. The number of nitrogens with one attached hydrogen (secondary N) is 3. The first-order chi connectivity index (χ1) is 9.24. The van der Waals surface area contributed by atoms with Crippen LogP contribution in [0.1, 0.15) is 28.8 Å². The molecule has 1 fully saturated rings. The van der Waals surface area contributed by atoms with Gasteiger partial charge in [0.2, 0.25) is 5.91 Å². The molecule has 0 aromatic heterocycles. The van der Waals surface area contributed by atoms with E-state index in [-0.39, 0.29) is 24.2 Å². The quantitative estimate of drug-likeness (QED) is 0.765. The van der Waals surface area contributed by atoms with Gasteiger partial charge in [0.05, 0.1) is 0 Å². The predicted molar refractivity (Wildman–Crippen MR) is 79.4 cm³/mol. The summed E-state index contributed by atoms with van der Waals surface area (Å²) in [6.45, 7) is 1.63. The molecule has 2 aliphatic heterocycles. The maximum atomic E-state index is 12.1. The Labute approximate surface area is 123 Å². The number of hydrogen-bond acceptors (Lipinski definition) is 3. The lowest BCUT2D eigenvalue weighted by atomic mass is 10.0. The smallest absolute Gasteiger partial charge is 0.251 e. The highest BCUT2D eigenvalue weighted by Gasteiger charge is 2.24. The maximum Gasteiger partial charge on any atom is 0.251 e. The van der Waals surface area contributed by atoms with E-state index in [1.54, 1.807) is 6.07 Å². The number of rotatable bonds is 2. The van der Waals surface area contributed by atoms with Crippen LogP contribution in [0.15, 0.2) is 18.2 Å². The van der Waals surface area contributed by atoms with Gasteiger partial charge in [-0.1, -0.05) is 0 Å². The molecule has 0 bridgehead atoms. The highest BCUT2D eigenvalue weighted by Crippen LogP contribution is 2.23. The molecule has 1 aromatic carbocycles. The molecule has 1 atom stereocenters. The maximum absolute atomic E-state index is 12.1. The number of carbonyl (C=O) groups is 2. The highest BCUT2D eigenvalue weighted by molar-refractivity contribution is 5.98. The van der Waals surface area contributed by atoms with E-state index >= 15 is 0 Å². The molecule has 5 nitrogen and oxygen atoms in total. The van der Waals surface area contributed by atoms with E-state index in [9.17, 15) is 9.59 Å². The minimum atomic E-state index is -0.396. The third-order valence-electron chi connectivity index (χ3n) is 3.67. The van der Waals surface area contributed by atoms with E-state index in [0.717, 1.165) is 25.1 Å². The molecule has 2 heterocycles. The van der Waals surface area contributed by atoms with Crippen LogP contribution in [0, 0.1) is 0 Å². The third kappa shape index (κ3) is 2.88. The van der Waals surface area contributed by atoms with Gasteiger partial charge in [-0.15, -0.1) is 12.4 Å². The largest absolute Gasteiger partial charge is 0.384 e. The van der Waals surface area contributed by atoms with Crippen LogP contribution in [0.3, 0.4) is 0 Å². The van der Waals surface area contributed by atoms with Crippen LogP contribution in [-0.2, 0) is 11.2 Å². The summed E-state index contributed by atoms with van der Waals surface area (Å²) in [7, 11) is 0. The van der Waals surface area contributed by atoms with Crippen LogP contribution in [0.4, 0.5) is 5.69 Å². The van der Waals surface area contributed by atoms with E-state index in [1.807, 2.05) is 12.1 Å². The summed E-state index contributed by atoms with van der Waals surface area (Å²) < 4.78 is 0. The third-order valence-corrected chi connectivity index (χ3v) is 3.67. The Balaban J connectivity index is 0.00000147. The van der Waals surface area contributed by atoms with Gasteiger partial charge in [-0.2, -0.15) is 0 Å². The van der Waals surface area contributed by atoms with Gasteiger partial charge < -0.3 is 16.0 Å². The second-order valence-corrected chi connectivity index (χ2v) is 5.01. The first kappa shape index (κ1) is 14.7. The predicted octanol–water partition coefficient (Wildman–Crippen LogP) is 1.08. The molecule has 2 amide bonds. The molecule has 2 aliphatic rings. The SMILES string of the molecule is Cl.O=C(NC1CCCNC1=O)c1ccc2c(c1)CCN2. The van der Waals surface area contributed by atoms with Crippen LogP contribution in [0.25, 0.3) is 0 Å². The zero-order chi connectivity index (χ0) is 13.2. The second kappa shape index (κ2) is 6.13. The second-order valence-electron chi connectivity index (χ2n) is 5.01. The first-order valence-electron chi connectivity index (χ1n) is 6.69. The molecule has 0 saturated carbocycles. The number of halogens is 1. The average Bonchev–Trinajstić information content (AvgIpc) is 2.88. The van der Waals surface area contributed by atoms with Crippen LogP contribution >= 0.6 is 12.4 Å². The summed E-state index contributed by atoms with van der Waals surface area (Å²) in [6, 6.07) is 5.24. The number of benzene rings is 1. The minimum Gasteiger partial charge on any atom is -0.384 e. The van der Waals surface area contributed by atoms with Crippen LogP contribution in [-0.4, -0.2) is 30.9 Å². The Morgan fingerprint density at radius 2 is 2.10 bits per heavy atom. The lowest BCUT2D eigenvalue weighted by Crippen LogP contribution is -2.50. The lowest BCUT2D eigenvalue weighted by molar-refractivity contribution is -0.124. The number of piperidine rings is 1. The summed E-state index contributed by atoms with van der Waals surface area (Å²) in [6.07, 6.45) is 2.56. The molecule has 1 unspecified atom stereocenters. The molecule has 1 saturated heterocycles. The van der Waals surface area contributed by atoms with Crippen molar-refractivity contribution >= 4 is 29.9 Å². The van der Waals surface area contributed by atoms with Crippen molar-refractivity contribution < 1.29 is 9.59 Å². The minimum absolute atomic E-state index is 0. The molecule has 1 aromatic rings. The molecule has 108 valence electrons. The topological polar surface area (TPSA) is 70.2 Å². The highest BCUT2D eigenvalue weighted by atomic mass is 35.5. The zero-order valence-electron chi connectivity index (χ0n) is 11.1. The Morgan fingerprint density at radius 3 is 2.90 bits per heavy atom. The van der Waals surface area contributed by atoms with Crippen LogP contribution in [0.5, 0.6) is 0 Å². The fourth-order valence-electron chi connectivity index (χ4n) is 2.60. The summed E-state index contributed by atoms with van der Waals surface area (Å²) >= 11 is 0. The molecular formula is C14H18ClN3O2. The number of fused-ring (bicyclic) bond motifs is 1. The summed E-state index contributed by atoms with van der Waals surface area (Å²) in [5.74, 6) is -0.251. The van der Waals surface area contributed by atoms with Crippen molar-refractivity contribution in [3.8, 4) is 0 Å². The van der Waals surface area contributed by atoms with Crippen molar-refractivity contribution in [1.82, 2.24) is 10.6 Å². The van der Waals surface area contributed by atoms with Crippen molar-refractivity contribution in [2.24, 2.45) is 0 Å². The van der Waals surface area contributed by atoms with Gasteiger partial charge in [0.1, 0.15) is 6.04 Å². The fourth-order valence-corrected chi connectivity index (χ4v) is 2.60. The normalized spacial score (nSPS) is 20.2. The molecular weight excluding hydrogens is 278 g/mol. The number of anilines is 1. The van der Waals surface area contributed by atoms with Crippen molar-refractivity contribution in [2.45, 2.75) is 25.3 Å². The van der Waals surface area contributed by atoms with Gasteiger partial charge >= 0.3 is 0 Å². The molecule has 0 aliphatic carbocycles. The lowest BCUT2D eigenvalue weighted by Gasteiger charge is -2.22. The van der Waals surface area contributed by atoms with Gasteiger partial charge in [0.25, 0.3) is 5.91 Å². The molecule has 6 heteroatoms. The van der Waals surface area contributed by atoms with Crippen LogP contribution in [0.2, 0.25) is 0 Å². The van der Waals surface area contributed by atoms with Crippen molar-refractivity contribution in [3.63, 3.8) is 0 Å². The Kier molecular flexibility index (Phi) is 4.49. The Morgan fingerprint density at radius 1 is 1.25 bits per heavy atom. The van der Waals surface area contributed by atoms with Crippen LogP contribution < -0.4 is 16.0 Å². The Bertz CT molecular complexity index is 533. The molecule has 3 N–H and O–H groups in total. The van der Waals surface area contributed by atoms with Gasteiger partial charge in [0, 0.05) is 24.3 Å². The fraction of sp³-hybridized carbons (Fsp3) is 0.429. The van der Waals surface area contributed by atoms with E-state index in [4.69, 9.17) is 0 Å². The van der Waals surface area contributed by atoms with E-state index < -0.39 is 6.04 Å². The van der Waals surface area contributed by atoms with Gasteiger partial charge in [-0.25, -0.2) is 0 Å². The van der Waals surface area contributed by atoms with Gasteiger partial charge in [-0.05, 0) is 43.0 Å². The van der Waals surface area contributed by atoms with Crippen molar-refractivity contribution in [3.05, 3.63) is 29.3 Å². The molecule has 20 heavy (non-hydrogen) atoms. The summed E-state index contributed by atoms with van der Waals surface area (Å²) in [5, 5.41) is 8.83. The van der Waals surface area contributed by atoms with E-state index in [2.05, 4.69) is 16.0 Å². The monoisotopic (exact) mass is 295 g/mol. The number of carbonyl (C=O) groups excluding carboxylic acids is 2. The van der Waals surface area contributed by atoms with Crippen molar-refractivity contribution in [1.29, 1.82) is 0 Å². The van der Waals surface area contributed by atoms with E-state index in [1.165, 1.54) is 5.56 Å². The number of hydrogen-bond donors (Lipinski definition) is 3. The Hall–Kier alpha value is -1.75.